The SMILES string of the molecule is CCOC(=O)c1ccc(NC(=O)C2CSCC(=O)N2)cc1. The van der Waals surface area contributed by atoms with Crippen molar-refractivity contribution < 1.29 is 19.1 Å². The zero-order chi connectivity index (χ0) is 15.2. The highest BCUT2D eigenvalue weighted by Crippen LogP contribution is 2.13. The third-order valence-electron chi connectivity index (χ3n) is 2.83. The summed E-state index contributed by atoms with van der Waals surface area (Å²) in [6.07, 6.45) is 0. The van der Waals surface area contributed by atoms with Crippen LogP contribution >= 0.6 is 11.8 Å². The fourth-order valence-corrected chi connectivity index (χ4v) is 2.68. The molecule has 2 rings (SSSR count). The molecule has 2 amide bonds. The lowest BCUT2D eigenvalue weighted by Crippen LogP contribution is -2.49. The van der Waals surface area contributed by atoms with Gasteiger partial charge in [0.25, 0.3) is 0 Å². The predicted octanol–water partition coefficient (Wildman–Crippen LogP) is 1.03. The quantitative estimate of drug-likeness (QED) is 0.812. The van der Waals surface area contributed by atoms with Gasteiger partial charge in [-0.1, -0.05) is 0 Å². The molecular formula is C14H16N2O4S. The van der Waals surface area contributed by atoms with Crippen molar-refractivity contribution in [1.29, 1.82) is 0 Å². The number of amides is 2. The summed E-state index contributed by atoms with van der Waals surface area (Å²) in [6, 6.07) is 5.90. The first-order valence-electron chi connectivity index (χ1n) is 6.55. The second-order valence-corrected chi connectivity index (χ2v) is 5.45. The minimum Gasteiger partial charge on any atom is -0.462 e. The Morgan fingerprint density at radius 1 is 1.38 bits per heavy atom. The fourth-order valence-electron chi connectivity index (χ4n) is 1.82. The van der Waals surface area contributed by atoms with Crippen molar-refractivity contribution in [2.24, 2.45) is 0 Å². The molecule has 2 N–H and O–H groups in total. The number of anilines is 1. The van der Waals surface area contributed by atoms with Crippen LogP contribution in [-0.4, -0.2) is 41.9 Å². The molecule has 1 atom stereocenters. The summed E-state index contributed by atoms with van der Waals surface area (Å²) < 4.78 is 4.88. The lowest BCUT2D eigenvalue weighted by molar-refractivity contribution is -0.124. The van der Waals surface area contributed by atoms with Crippen molar-refractivity contribution in [3.63, 3.8) is 0 Å². The molecule has 0 saturated carbocycles. The average Bonchev–Trinajstić information content (AvgIpc) is 2.48. The molecule has 0 aromatic heterocycles. The Kier molecular flexibility index (Phi) is 5.21. The van der Waals surface area contributed by atoms with E-state index >= 15 is 0 Å². The first kappa shape index (κ1) is 15.4. The van der Waals surface area contributed by atoms with Crippen molar-refractivity contribution in [3.05, 3.63) is 29.8 Å². The standard InChI is InChI=1S/C14H16N2O4S/c1-2-20-14(19)9-3-5-10(6-4-9)15-13(18)11-7-21-8-12(17)16-11/h3-6,11H,2,7-8H2,1H3,(H,15,18)(H,16,17). The molecule has 1 unspecified atom stereocenters. The summed E-state index contributed by atoms with van der Waals surface area (Å²) in [7, 11) is 0. The second kappa shape index (κ2) is 7.12. The number of hydrogen-bond donors (Lipinski definition) is 2. The number of carbonyl (C=O) groups is 3. The molecule has 1 aromatic rings. The number of rotatable bonds is 4. The van der Waals surface area contributed by atoms with Crippen LogP contribution in [0.2, 0.25) is 0 Å². The first-order chi connectivity index (χ1) is 10.1. The van der Waals surface area contributed by atoms with E-state index in [2.05, 4.69) is 10.6 Å². The van der Waals surface area contributed by atoms with E-state index in [4.69, 9.17) is 4.74 Å². The van der Waals surface area contributed by atoms with Crippen molar-refractivity contribution in [3.8, 4) is 0 Å². The highest BCUT2D eigenvalue weighted by atomic mass is 32.2. The van der Waals surface area contributed by atoms with Gasteiger partial charge in [-0.15, -0.1) is 11.8 Å². The number of ether oxygens (including phenoxy) is 1. The van der Waals surface area contributed by atoms with Crippen LogP contribution in [0.25, 0.3) is 0 Å². The van der Waals surface area contributed by atoms with Crippen LogP contribution in [0.4, 0.5) is 5.69 Å². The van der Waals surface area contributed by atoms with Gasteiger partial charge in [-0.25, -0.2) is 4.79 Å². The highest BCUT2D eigenvalue weighted by molar-refractivity contribution is 8.00. The second-order valence-electron chi connectivity index (χ2n) is 4.42. The summed E-state index contributed by atoms with van der Waals surface area (Å²) in [5, 5.41) is 5.35. The van der Waals surface area contributed by atoms with Gasteiger partial charge >= 0.3 is 5.97 Å². The molecule has 6 nitrogen and oxygen atoms in total. The van der Waals surface area contributed by atoms with Gasteiger partial charge in [0.15, 0.2) is 0 Å². The third kappa shape index (κ3) is 4.22. The summed E-state index contributed by atoms with van der Waals surface area (Å²) in [5.74, 6) is 0.145. The molecule has 0 radical (unpaired) electrons. The van der Waals surface area contributed by atoms with Crippen molar-refractivity contribution in [2.75, 3.05) is 23.4 Å². The Morgan fingerprint density at radius 3 is 2.71 bits per heavy atom. The monoisotopic (exact) mass is 308 g/mol. The summed E-state index contributed by atoms with van der Waals surface area (Å²) in [4.78, 5) is 34.8. The Hall–Kier alpha value is -2.02. The van der Waals surface area contributed by atoms with Crippen LogP contribution in [-0.2, 0) is 14.3 Å². The maximum absolute atomic E-state index is 12.0. The van der Waals surface area contributed by atoms with Crippen LogP contribution in [0.15, 0.2) is 24.3 Å². The van der Waals surface area contributed by atoms with Crippen LogP contribution in [0.3, 0.4) is 0 Å². The first-order valence-corrected chi connectivity index (χ1v) is 7.70. The van der Waals surface area contributed by atoms with E-state index in [-0.39, 0.29) is 11.8 Å². The third-order valence-corrected chi connectivity index (χ3v) is 3.87. The molecule has 112 valence electrons. The van der Waals surface area contributed by atoms with E-state index in [0.717, 1.165) is 0 Å². The number of benzene rings is 1. The molecule has 0 aliphatic carbocycles. The normalized spacial score (nSPS) is 17.8. The molecule has 7 heteroatoms. The lowest BCUT2D eigenvalue weighted by Gasteiger charge is -2.22. The Balaban J connectivity index is 1.95. The Labute approximate surface area is 126 Å². The molecule has 21 heavy (non-hydrogen) atoms. The molecule has 1 aromatic carbocycles. The zero-order valence-electron chi connectivity index (χ0n) is 11.5. The Bertz CT molecular complexity index is 544. The van der Waals surface area contributed by atoms with Crippen molar-refractivity contribution in [2.45, 2.75) is 13.0 Å². The van der Waals surface area contributed by atoms with E-state index in [9.17, 15) is 14.4 Å². The largest absolute Gasteiger partial charge is 0.462 e. The van der Waals surface area contributed by atoms with Crippen LogP contribution in [0.1, 0.15) is 17.3 Å². The van der Waals surface area contributed by atoms with Crippen LogP contribution in [0, 0.1) is 0 Å². The Morgan fingerprint density at radius 2 is 2.10 bits per heavy atom. The molecule has 1 saturated heterocycles. The fraction of sp³-hybridized carbons (Fsp3) is 0.357. The van der Waals surface area contributed by atoms with E-state index < -0.39 is 12.0 Å². The van der Waals surface area contributed by atoms with Gasteiger partial charge in [0, 0.05) is 11.4 Å². The molecule has 0 spiro atoms. The van der Waals surface area contributed by atoms with Gasteiger partial charge in [-0.3, -0.25) is 9.59 Å². The van der Waals surface area contributed by atoms with Crippen LogP contribution < -0.4 is 10.6 Å². The van der Waals surface area contributed by atoms with Gasteiger partial charge in [0.05, 0.1) is 17.9 Å². The summed E-state index contributed by atoms with van der Waals surface area (Å²) in [6.45, 7) is 2.05. The van der Waals surface area contributed by atoms with Gasteiger partial charge in [0.1, 0.15) is 6.04 Å². The minimum absolute atomic E-state index is 0.135. The van der Waals surface area contributed by atoms with Gasteiger partial charge in [0.2, 0.25) is 11.8 Å². The van der Waals surface area contributed by atoms with Gasteiger partial charge in [-0.2, -0.15) is 0 Å². The van der Waals surface area contributed by atoms with Crippen LogP contribution in [0.5, 0.6) is 0 Å². The average molecular weight is 308 g/mol. The van der Waals surface area contributed by atoms with E-state index in [1.807, 2.05) is 0 Å². The zero-order valence-corrected chi connectivity index (χ0v) is 12.4. The predicted molar refractivity (Wildman–Crippen MR) is 80.3 cm³/mol. The molecular weight excluding hydrogens is 292 g/mol. The van der Waals surface area contributed by atoms with Crippen molar-refractivity contribution >= 4 is 35.2 Å². The van der Waals surface area contributed by atoms with Crippen molar-refractivity contribution in [1.82, 2.24) is 5.32 Å². The number of thioether (sulfide) groups is 1. The highest BCUT2D eigenvalue weighted by Gasteiger charge is 2.25. The smallest absolute Gasteiger partial charge is 0.338 e. The minimum atomic E-state index is -0.527. The van der Waals surface area contributed by atoms with Gasteiger partial charge in [-0.05, 0) is 31.2 Å². The topological polar surface area (TPSA) is 84.5 Å². The maximum atomic E-state index is 12.0. The lowest BCUT2D eigenvalue weighted by atomic mass is 10.2. The summed E-state index contributed by atoms with van der Waals surface area (Å²) in [5.41, 5.74) is 0.995. The molecule has 0 bridgehead atoms. The van der Waals surface area contributed by atoms with Gasteiger partial charge < -0.3 is 15.4 Å². The maximum Gasteiger partial charge on any atom is 0.338 e. The van der Waals surface area contributed by atoms with E-state index in [0.29, 0.717) is 29.4 Å². The van der Waals surface area contributed by atoms with E-state index in [1.165, 1.54) is 11.8 Å². The molecule has 1 aliphatic rings. The number of carbonyl (C=O) groups excluding carboxylic acids is 3. The number of hydrogen-bond acceptors (Lipinski definition) is 5. The molecule has 1 aliphatic heterocycles. The summed E-state index contributed by atoms with van der Waals surface area (Å²) >= 11 is 1.43. The molecule has 1 heterocycles. The van der Waals surface area contributed by atoms with E-state index in [1.54, 1.807) is 31.2 Å². The molecule has 1 fully saturated rings. The number of esters is 1. The number of nitrogens with one attached hydrogen (secondary N) is 2.